The van der Waals surface area contributed by atoms with Gasteiger partial charge < -0.3 is 45.3 Å². The van der Waals surface area contributed by atoms with E-state index in [9.17, 15) is 43.2 Å². The minimum atomic E-state index is -1.84. The van der Waals surface area contributed by atoms with Crippen molar-refractivity contribution < 1.29 is 61.8 Å². The number of esters is 2. The molecule has 0 radical (unpaired) electrons. The highest BCUT2D eigenvalue weighted by Gasteiger charge is 2.53. The average Bonchev–Trinajstić information content (AvgIpc) is 4.15. The quantitative estimate of drug-likeness (QED) is 0.0315. The van der Waals surface area contributed by atoms with Gasteiger partial charge in [0.15, 0.2) is 5.60 Å². The number of hydrogen-bond acceptors (Lipinski definition) is 15. The third kappa shape index (κ3) is 12.3. The second-order valence-electron chi connectivity index (χ2n) is 21.4. The van der Waals surface area contributed by atoms with E-state index in [-0.39, 0.29) is 98.1 Å². The number of likely N-dealkylation sites (N-methyl/N-ethyl adjacent to an activating group) is 1. The first-order valence-corrected chi connectivity index (χ1v) is 27.3. The van der Waals surface area contributed by atoms with Gasteiger partial charge in [-0.3, -0.25) is 38.6 Å². The van der Waals surface area contributed by atoms with Gasteiger partial charge in [0.05, 0.1) is 35.1 Å². The van der Waals surface area contributed by atoms with E-state index in [1.165, 1.54) is 30.0 Å². The van der Waals surface area contributed by atoms with Crippen LogP contribution in [0, 0.1) is 18.7 Å². The normalized spacial score (nSPS) is 18.9. The molecule has 4 atom stereocenters. The van der Waals surface area contributed by atoms with Crippen molar-refractivity contribution in [3.05, 3.63) is 99.0 Å². The number of anilines is 1. The fourth-order valence-electron chi connectivity index (χ4n) is 10.7. The molecule has 0 bridgehead atoms. The molecule has 21 nitrogen and oxygen atoms in total. The molecule has 0 saturated heterocycles. The molecule has 7 amide bonds. The smallest absolute Gasteiger partial charge is 0.411 e. The van der Waals surface area contributed by atoms with E-state index in [0.717, 1.165) is 27.0 Å². The summed E-state index contributed by atoms with van der Waals surface area (Å²) in [7, 11) is 3.66. The Morgan fingerprint density at radius 1 is 0.912 bits per heavy atom. The molecule has 8 rings (SSSR count). The number of fused-ring (bicyclic) bond motifs is 4. The summed E-state index contributed by atoms with van der Waals surface area (Å²) in [6, 6.07) is 5.69. The molecule has 0 saturated carbocycles. The van der Waals surface area contributed by atoms with Gasteiger partial charge in [0.2, 0.25) is 23.6 Å². The van der Waals surface area contributed by atoms with Crippen molar-refractivity contribution in [3.63, 3.8) is 0 Å². The van der Waals surface area contributed by atoms with Crippen LogP contribution in [0.5, 0.6) is 0 Å². The summed E-state index contributed by atoms with van der Waals surface area (Å²) < 4.78 is 33.2. The third-order valence-corrected chi connectivity index (χ3v) is 15.3. The van der Waals surface area contributed by atoms with E-state index in [2.05, 4.69) is 21.3 Å². The van der Waals surface area contributed by atoms with Crippen LogP contribution in [0.1, 0.15) is 119 Å². The fraction of sp³-hybridized carbons (Fsp3) is 0.483. The lowest BCUT2D eigenvalue weighted by atomic mass is 9.81. The summed E-state index contributed by atoms with van der Waals surface area (Å²) in [5, 5.41) is 12.2. The predicted molar refractivity (Wildman–Crippen MR) is 291 cm³/mol. The number of ether oxygens (including phenoxy) is 3. The van der Waals surface area contributed by atoms with Crippen molar-refractivity contribution in [2.24, 2.45) is 5.92 Å². The number of aromatic nitrogens is 1. The van der Waals surface area contributed by atoms with Crippen LogP contribution in [0.2, 0.25) is 0 Å². The van der Waals surface area contributed by atoms with Gasteiger partial charge in [-0.2, -0.15) is 0 Å². The number of nitrogens with zero attached hydrogens (tertiary/aromatic N) is 5. The molecule has 5 heterocycles. The Kier molecular flexibility index (Phi) is 18.0. The van der Waals surface area contributed by atoms with Crippen LogP contribution in [0.4, 0.5) is 14.9 Å². The van der Waals surface area contributed by atoms with Gasteiger partial charge in [0.25, 0.3) is 11.8 Å². The molecule has 1 aliphatic carbocycles. The fourth-order valence-corrected chi connectivity index (χ4v) is 10.7. The molecule has 4 N–H and O–H groups in total. The van der Waals surface area contributed by atoms with Crippen LogP contribution in [0.15, 0.2) is 59.7 Å². The maximum atomic E-state index is 15.5. The molecule has 0 spiro atoms. The van der Waals surface area contributed by atoms with Crippen molar-refractivity contribution >= 4 is 75.8 Å². The number of halogens is 1. The van der Waals surface area contributed by atoms with Crippen LogP contribution in [0.25, 0.3) is 16.6 Å². The summed E-state index contributed by atoms with van der Waals surface area (Å²) in [6.45, 7) is 10.8. The van der Waals surface area contributed by atoms with Crippen molar-refractivity contribution in [3.8, 4) is 0 Å². The molecule has 2 aromatic carbocycles. The molecular weight excluding hydrogens is 1030 g/mol. The largest absolute Gasteiger partial charge is 0.444 e. The molecule has 0 unspecified atom stereocenters. The highest BCUT2D eigenvalue weighted by atomic mass is 19.1. The summed E-state index contributed by atoms with van der Waals surface area (Å²) >= 11 is 0. The summed E-state index contributed by atoms with van der Waals surface area (Å²) in [4.78, 5) is 129. The minimum Gasteiger partial charge on any atom is -0.444 e. The van der Waals surface area contributed by atoms with Gasteiger partial charge >= 0.3 is 18.0 Å². The lowest BCUT2D eigenvalue weighted by Gasteiger charge is -2.40. The Balaban J connectivity index is 0.894. The number of pyridine rings is 1. The Morgan fingerprint density at radius 2 is 1.64 bits per heavy atom. The third-order valence-electron chi connectivity index (χ3n) is 15.3. The predicted octanol–water partition coefficient (Wildman–Crippen LogP) is 5.14. The molecule has 1 aromatic heterocycles. The summed E-state index contributed by atoms with van der Waals surface area (Å²) in [5.74, 6) is -4.67. The highest BCUT2D eigenvalue weighted by molar-refractivity contribution is 6.13. The number of cyclic esters (lactones) is 2. The van der Waals surface area contributed by atoms with Crippen LogP contribution >= 0.6 is 0 Å². The molecule has 22 heteroatoms. The first kappa shape index (κ1) is 58.3. The zero-order valence-electron chi connectivity index (χ0n) is 46.5. The van der Waals surface area contributed by atoms with E-state index in [0.29, 0.717) is 78.9 Å². The van der Waals surface area contributed by atoms with E-state index >= 15 is 4.39 Å². The number of hydrogen-bond donors (Lipinski definition) is 4. The van der Waals surface area contributed by atoms with E-state index in [1.54, 1.807) is 65.0 Å². The number of imide groups is 1. The monoisotopic (exact) mass is 1100 g/mol. The average molecular weight is 1100 g/mol. The molecule has 426 valence electrons. The molecule has 4 aliphatic heterocycles. The number of aryl methyl sites for hydroxylation is 1. The Bertz CT molecular complexity index is 3100. The maximum Gasteiger partial charge on any atom is 0.411 e. The molecule has 0 fully saturated rings. The molecule has 80 heavy (non-hydrogen) atoms. The van der Waals surface area contributed by atoms with Crippen molar-refractivity contribution in [2.45, 2.75) is 130 Å². The van der Waals surface area contributed by atoms with Crippen LogP contribution in [-0.4, -0.2) is 143 Å². The summed E-state index contributed by atoms with van der Waals surface area (Å²) in [5.41, 5.74) is 4.26. The van der Waals surface area contributed by atoms with Gasteiger partial charge in [-0.05, 0) is 106 Å². The van der Waals surface area contributed by atoms with Crippen molar-refractivity contribution in [1.82, 2.24) is 40.5 Å². The van der Waals surface area contributed by atoms with Gasteiger partial charge in [-0.1, -0.05) is 46.2 Å². The number of unbranched alkanes of at least 4 members (excludes halogenated alkanes) is 2. The zero-order chi connectivity index (χ0) is 57.7. The number of nitrogens with one attached hydrogen (secondary N) is 4. The molecule has 3 aromatic rings. The van der Waals surface area contributed by atoms with Gasteiger partial charge in [0.1, 0.15) is 31.2 Å². The van der Waals surface area contributed by atoms with Gasteiger partial charge in [-0.15, -0.1) is 0 Å². The number of benzene rings is 2. The van der Waals surface area contributed by atoms with Gasteiger partial charge in [0, 0.05) is 79.4 Å². The van der Waals surface area contributed by atoms with Crippen LogP contribution in [0.3, 0.4) is 0 Å². The first-order valence-electron chi connectivity index (χ1n) is 27.3. The van der Waals surface area contributed by atoms with Crippen molar-refractivity contribution in [2.75, 3.05) is 52.3 Å². The Hall–Kier alpha value is -7.85. The van der Waals surface area contributed by atoms with Gasteiger partial charge in [-0.25, -0.2) is 23.8 Å². The van der Waals surface area contributed by atoms with Crippen LogP contribution < -0.4 is 21.3 Å². The minimum absolute atomic E-state index is 0.0165. The maximum absolute atomic E-state index is 15.5. The first-order chi connectivity index (χ1) is 38.1. The zero-order valence-corrected chi connectivity index (χ0v) is 46.5. The van der Waals surface area contributed by atoms with E-state index < -0.39 is 54.3 Å². The van der Waals surface area contributed by atoms with E-state index in [4.69, 9.17) is 19.2 Å². The summed E-state index contributed by atoms with van der Waals surface area (Å²) in [6.07, 6.45) is 6.57. The number of amides is 7. The topological polar surface area (TPSA) is 255 Å². The standard InChI is InChI=1S/C58H70FN9O12/c1-9-45(69)62-42-20-19-37-33(5)41(59)27-43-49(37)50(42)39-29-67-28-38-40(26-44(67)52(39)63-43)58(10-2,56(76)80-55(38)75)79-31-66(25-24-65(7)8)57(77)78-30-35-15-17-36(18-16-35)61-53(73)34(6)60-54(74)51(32(3)4)64-46(70)14-12-11-13-23-68-47(71)21-22-48(68)72/h15-18,21-22,26-27,32,34,42,51H,9-14,19-20,23-25,28-31H2,1-8H3,(H,60,74)(H,61,73)(H,62,69)(H,64,70)/t34-,42+,51-,58+/m0/s1. The SMILES string of the molecule is CCC(=O)N[C@@H]1CCc2c(C)c(F)cc3nc4c(c1c23)CN1CC2=C(C=C41)[C@@](CC)(OCN(CCN(C)C)C(=O)OCc1ccc(NC(=O)[C@H](C)NC(=O)[C@@H](NC(=O)CCCCCN3C(=O)C=CC3=O)C(C)C)cc1)C(=O)OC2=O. The lowest BCUT2D eigenvalue weighted by Crippen LogP contribution is -2.53. The number of rotatable bonds is 23. The molecule has 5 aliphatic rings. The number of carbonyl (C=O) groups excluding carboxylic acids is 9. The molecular formula is C58H70FN9O12. The second kappa shape index (κ2) is 24.7. The Morgan fingerprint density at radius 3 is 2.31 bits per heavy atom. The van der Waals surface area contributed by atoms with Crippen molar-refractivity contribution in [1.29, 1.82) is 0 Å². The Labute approximate surface area is 463 Å². The number of carbonyl (C=O) groups is 9. The highest BCUT2D eigenvalue weighted by Crippen LogP contribution is 2.49. The second-order valence-corrected chi connectivity index (χ2v) is 21.4. The lowest BCUT2D eigenvalue weighted by molar-refractivity contribution is -0.181. The van der Waals surface area contributed by atoms with E-state index in [1.807, 2.05) is 23.9 Å². The van der Waals surface area contributed by atoms with Crippen LogP contribution in [-0.2, 0) is 72.1 Å².